The summed E-state index contributed by atoms with van der Waals surface area (Å²) in [5, 5.41) is 7.14. The molecule has 0 radical (unpaired) electrons. The molecule has 1 amide bonds. The number of amides is 1. The van der Waals surface area contributed by atoms with Gasteiger partial charge in [0.2, 0.25) is 0 Å². The van der Waals surface area contributed by atoms with Gasteiger partial charge in [-0.1, -0.05) is 12.1 Å². The Labute approximate surface area is 149 Å². The second-order valence-electron chi connectivity index (χ2n) is 5.90. The van der Waals surface area contributed by atoms with E-state index in [1.54, 1.807) is 6.20 Å². The van der Waals surface area contributed by atoms with Crippen molar-refractivity contribution in [1.82, 2.24) is 14.3 Å². The number of carbonyl (C=O) groups is 1. The van der Waals surface area contributed by atoms with E-state index in [0.29, 0.717) is 12.2 Å². The molecule has 0 aliphatic carbocycles. The molecule has 5 nitrogen and oxygen atoms in total. The molecule has 24 heavy (non-hydrogen) atoms. The minimum Gasteiger partial charge on any atom is -0.340 e. The van der Waals surface area contributed by atoms with Gasteiger partial charge in [0.05, 0.1) is 6.54 Å². The van der Waals surface area contributed by atoms with Crippen molar-refractivity contribution in [3.63, 3.8) is 0 Å². The zero-order chi connectivity index (χ0) is 17.1. The number of nitrogens with zero attached hydrogens (tertiary/aromatic N) is 3. The van der Waals surface area contributed by atoms with Gasteiger partial charge in [-0.15, -0.1) is 0 Å². The quantitative estimate of drug-likeness (QED) is 0.709. The highest BCUT2D eigenvalue weighted by Gasteiger charge is 2.15. The van der Waals surface area contributed by atoms with E-state index in [4.69, 9.17) is 0 Å². The molecule has 2 heterocycles. The number of hydrogen-bond acceptors (Lipinski definition) is 2. The first-order chi connectivity index (χ1) is 11.5. The topological polar surface area (TPSA) is 51.9 Å². The number of anilines is 1. The summed E-state index contributed by atoms with van der Waals surface area (Å²) in [6, 6.07) is 11.8. The van der Waals surface area contributed by atoms with Crippen molar-refractivity contribution in [2.45, 2.75) is 26.4 Å². The Bertz CT molecular complexity index is 819. The summed E-state index contributed by atoms with van der Waals surface area (Å²) in [7, 11) is 0. The normalized spacial score (nSPS) is 11.0. The zero-order valence-electron chi connectivity index (χ0n) is 13.6. The zero-order valence-corrected chi connectivity index (χ0v) is 15.2. The molecule has 0 unspecified atom stereocenters. The highest BCUT2D eigenvalue weighted by molar-refractivity contribution is 9.10. The first-order valence-electron chi connectivity index (χ1n) is 7.78. The van der Waals surface area contributed by atoms with Crippen LogP contribution >= 0.6 is 15.9 Å². The van der Waals surface area contributed by atoms with Gasteiger partial charge < -0.3 is 9.88 Å². The molecule has 6 heteroatoms. The molecule has 0 aliphatic rings. The second-order valence-corrected chi connectivity index (χ2v) is 6.81. The molecule has 0 fully saturated rings. The van der Waals surface area contributed by atoms with Gasteiger partial charge in [-0.25, -0.2) is 0 Å². The number of aromatic nitrogens is 3. The summed E-state index contributed by atoms with van der Waals surface area (Å²) in [4.78, 5) is 12.5. The molecule has 0 saturated carbocycles. The Morgan fingerprint density at radius 1 is 1.29 bits per heavy atom. The van der Waals surface area contributed by atoms with E-state index in [2.05, 4.69) is 26.3 Å². The number of carbonyl (C=O) groups excluding carboxylic acids is 1. The molecule has 124 valence electrons. The SMILES string of the molecule is CC(C)n1cc(Br)cc1C(=O)Nc1ccc(Cn2cccn2)cc1. The second kappa shape index (κ2) is 7.05. The van der Waals surface area contributed by atoms with Gasteiger partial charge in [-0.2, -0.15) is 5.10 Å². The Kier molecular flexibility index (Phi) is 4.85. The molecule has 2 aromatic heterocycles. The predicted molar refractivity (Wildman–Crippen MR) is 98.2 cm³/mol. The fourth-order valence-corrected chi connectivity index (χ4v) is 2.96. The Balaban J connectivity index is 1.71. The first kappa shape index (κ1) is 16.5. The summed E-state index contributed by atoms with van der Waals surface area (Å²) < 4.78 is 4.71. The smallest absolute Gasteiger partial charge is 0.272 e. The van der Waals surface area contributed by atoms with E-state index in [1.165, 1.54) is 0 Å². The predicted octanol–water partition coefficient (Wildman–Crippen LogP) is 4.33. The van der Waals surface area contributed by atoms with Crippen molar-refractivity contribution in [1.29, 1.82) is 0 Å². The van der Waals surface area contributed by atoms with Crippen molar-refractivity contribution in [3.05, 3.63) is 70.7 Å². The lowest BCUT2D eigenvalue weighted by atomic mass is 10.2. The fourth-order valence-electron chi connectivity index (χ4n) is 2.52. The Morgan fingerprint density at radius 3 is 2.67 bits per heavy atom. The molecule has 0 aliphatic heterocycles. The fraction of sp³-hybridized carbons (Fsp3) is 0.222. The first-order valence-corrected chi connectivity index (χ1v) is 8.57. The number of hydrogen-bond donors (Lipinski definition) is 1. The van der Waals surface area contributed by atoms with Crippen LogP contribution < -0.4 is 5.32 Å². The lowest BCUT2D eigenvalue weighted by Crippen LogP contribution is -2.17. The van der Waals surface area contributed by atoms with Gasteiger partial charge in [0.25, 0.3) is 5.91 Å². The summed E-state index contributed by atoms with van der Waals surface area (Å²) in [5.41, 5.74) is 2.54. The Hall–Kier alpha value is -2.34. The summed E-state index contributed by atoms with van der Waals surface area (Å²) in [6.45, 7) is 4.81. The van der Waals surface area contributed by atoms with Crippen LogP contribution in [0.15, 0.2) is 59.5 Å². The van der Waals surface area contributed by atoms with E-state index in [1.807, 2.05) is 71.9 Å². The molecule has 3 aromatic rings. The van der Waals surface area contributed by atoms with Gasteiger partial charge in [-0.3, -0.25) is 9.48 Å². The van der Waals surface area contributed by atoms with Crippen LogP contribution in [0, 0.1) is 0 Å². The van der Waals surface area contributed by atoms with Crippen LogP contribution in [0.5, 0.6) is 0 Å². The van der Waals surface area contributed by atoms with E-state index in [-0.39, 0.29) is 11.9 Å². The Morgan fingerprint density at radius 2 is 2.04 bits per heavy atom. The molecule has 1 aromatic carbocycles. The molecule has 0 spiro atoms. The van der Waals surface area contributed by atoms with Crippen molar-refractivity contribution < 1.29 is 4.79 Å². The largest absolute Gasteiger partial charge is 0.340 e. The maximum Gasteiger partial charge on any atom is 0.272 e. The minimum absolute atomic E-state index is 0.116. The van der Waals surface area contributed by atoms with E-state index >= 15 is 0 Å². The van der Waals surface area contributed by atoms with Crippen molar-refractivity contribution in [2.75, 3.05) is 5.32 Å². The molecular formula is C18H19BrN4O. The van der Waals surface area contributed by atoms with Gasteiger partial charge in [0.1, 0.15) is 5.69 Å². The third kappa shape index (κ3) is 3.76. The van der Waals surface area contributed by atoms with Gasteiger partial charge in [0, 0.05) is 34.8 Å². The average Bonchev–Trinajstić information content (AvgIpc) is 3.18. The van der Waals surface area contributed by atoms with Crippen LogP contribution in [0.25, 0.3) is 0 Å². The van der Waals surface area contributed by atoms with Crippen LogP contribution in [-0.2, 0) is 6.54 Å². The van der Waals surface area contributed by atoms with Crippen LogP contribution in [0.1, 0.15) is 35.9 Å². The van der Waals surface area contributed by atoms with Gasteiger partial charge in [-0.05, 0) is 59.6 Å². The maximum absolute atomic E-state index is 12.5. The third-order valence-electron chi connectivity index (χ3n) is 3.72. The number of halogens is 1. The molecular weight excluding hydrogens is 368 g/mol. The standard InChI is InChI=1S/C18H19BrN4O/c1-13(2)23-12-15(19)10-17(23)18(24)21-16-6-4-14(5-7-16)11-22-9-3-8-20-22/h3-10,12-13H,11H2,1-2H3,(H,21,24). The lowest BCUT2D eigenvalue weighted by Gasteiger charge is -2.13. The molecule has 3 rings (SSSR count). The summed E-state index contributed by atoms with van der Waals surface area (Å²) >= 11 is 3.43. The van der Waals surface area contributed by atoms with Crippen molar-refractivity contribution in [3.8, 4) is 0 Å². The molecule has 1 N–H and O–H groups in total. The van der Waals surface area contributed by atoms with Crippen molar-refractivity contribution >= 4 is 27.5 Å². The molecule has 0 bridgehead atoms. The van der Waals surface area contributed by atoms with Crippen LogP contribution in [-0.4, -0.2) is 20.3 Å². The number of rotatable bonds is 5. The number of nitrogens with one attached hydrogen (secondary N) is 1. The maximum atomic E-state index is 12.5. The van der Waals surface area contributed by atoms with E-state index in [0.717, 1.165) is 15.7 Å². The molecule has 0 atom stereocenters. The summed E-state index contributed by atoms with van der Waals surface area (Å²) in [5.74, 6) is -0.116. The highest BCUT2D eigenvalue weighted by Crippen LogP contribution is 2.21. The van der Waals surface area contributed by atoms with Crippen LogP contribution in [0.4, 0.5) is 5.69 Å². The highest BCUT2D eigenvalue weighted by atomic mass is 79.9. The van der Waals surface area contributed by atoms with E-state index < -0.39 is 0 Å². The minimum atomic E-state index is -0.116. The van der Waals surface area contributed by atoms with Crippen molar-refractivity contribution in [2.24, 2.45) is 0 Å². The lowest BCUT2D eigenvalue weighted by molar-refractivity contribution is 0.101. The van der Waals surface area contributed by atoms with Gasteiger partial charge >= 0.3 is 0 Å². The third-order valence-corrected chi connectivity index (χ3v) is 4.15. The van der Waals surface area contributed by atoms with Gasteiger partial charge in [0.15, 0.2) is 0 Å². The number of benzene rings is 1. The summed E-state index contributed by atoms with van der Waals surface area (Å²) in [6.07, 6.45) is 5.61. The average molecular weight is 387 g/mol. The van der Waals surface area contributed by atoms with E-state index in [9.17, 15) is 4.79 Å². The monoisotopic (exact) mass is 386 g/mol. The molecule has 0 saturated heterocycles. The van der Waals surface area contributed by atoms with Crippen LogP contribution in [0.3, 0.4) is 0 Å². The van der Waals surface area contributed by atoms with Crippen LogP contribution in [0.2, 0.25) is 0 Å².